The van der Waals surface area contributed by atoms with Crippen LogP contribution in [0.5, 0.6) is 0 Å². The summed E-state index contributed by atoms with van der Waals surface area (Å²) < 4.78 is 6.22. The summed E-state index contributed by atoms with van der Waals surface area (Å²) in [7, 11) is -1.55. The van der Waals surface area contributed by atoms with E-state index >= 15 is 0 Å². The van der Waals surface area contributed by atoms with Gasteiger partial charge in [-0.1, -0.05) is 43.6 Å². The van der Waals surface area contributed by atoms with Gasteiger partial charge in [0, 0.05) is 5.02 Å². The third kappa shape index (κ3) is 3.93. The van der Waals surface area contributed by atoms with Crippen molar-refractivity contribution < 1.29 is 4.43 Å². The first-order chi connectivity index (χ1) is 7.31. The molecule has 16 heavy (non-hydrogen) atoms. The third-order valence-electron chi connectivity index (χ3n) is 2.30. The first-order valence-electron chi connectivity index (χ1n) is 5.73. The fourth-order valence-electron chi connectivity index (χ4n) is 1.65. The van der Waals surface area contributed by atoms with Gasteiger partial charge in [-0.3, -0.25) is 0 Å². The maximum absolute atomic E-state index is 6.23. The quantitative estimate of drug-likeness (QED) is 0.697. The zero-order valence-corrected chi connectivity index (χ0v) is 12.5. The molecule has 0 saturated heterocycles. The number of hydrogen-bond donors (Lipinski definition) is 0. The van der Waals surface area contributed by atoms with Gasteiger partial charge in [0.05, 0.1) is 6.10 Å². The average Bonchev–Trinajstić information content (AvgIpc) is 2.13. The minimum absolute atomic E-state index is 0.111. The Morgan fingerprint density at radius 1 is 1.12 bits per heavy atom. The van der Waals surface area contributed by atoms with E-state index in [0.717, 1.165) is 10.6 Å². The Morgan fingerprint density at radius 2 is 1.69 bits per heavy atom. The normalized spacial score (nSPS) is 14.2. The van der Waals surface area contributed by atoms with Gasteiger partial charge in [-0.15, -0.1) is 0 Å². The Balaban J connectivity index is 2.99. The number of rotatable bonds is 4. The van der Waals surface area contributed by atoms with Crippen molar-refractivity contribution in [2.24, 2.45) is 5.92 Å². The Labute approximate surface area is 105 Å². The van der Waals surface area contributed by atoms with Gasteiger partial charge in [0.25, 0.3) is 0 Å². The molecule has 0 saturated carbocycles. The lowest BCUT2D eigenvalue weighted by atomic mass is 9.99. The molecule has 90 valence electrons. The second kappa shape index (κ2) is 5.35. The van der Waals surface area contributed by atoms with Gasteiger partial charge in [0.15, 0.2) is 8.32 Å². The lowest BCUT2D eigenvalue weighted by Gasteiger charge is -2.30. The van der Waals surface area contributed by atoms with E-state index in [2.05, 4.69) is 39.6 Å². The van der Waals surface area contributed by atoms with Crippen LogP contribution >= 0.6 is 11.6 Å². The monoisotopic (exact) mass is 256 g/mol. The smallest absolute Gasteiger partial charge is 0.184 e. The molecule has 0 fully saturated rings. The van der Waals surface area contributed by atoms with Gasteiger partial charge in [0.1, 0.15) is 0 Å². The highest BCUT2D eigenvalue weighted by Crippen LogP contribution is 2.33. The number of hydrogen-bond acceptors (Lipinski definition) is 1. The molecule has 0 heterocycles. The summed E-state index contributed by atoms with van der Waals surface area (Å²) in [5.41, 5.74) is 1.11. The van der Waals surface area contributed by atoms with E-state index in [9.17, 15) is 0 Å². The summed E-state index contributed by atoms with van der Waals surface area (Å²) in [6.07, 6.45) is 0.111. The molecule has 0 unspecified atom stereocenters. The molecule has 0 aliphatic heterocycles. The molecule has 0 aliphatic rings. The van der Waals surface area contributed by atoms with Crippen molar-refractivity contribution in [3.63, 3.8) is 0 Å². The van der Waals surface area contributed by atoms with Crippen LogP contribution in [0.15, 0.2) is 24.3 Å². The highest BCUT2D eigenvalue weighted by atomic mass is 35.5. The lowest BCUT2D eigenvalue weighted by molar-refractivity contribution is 0.146. The summed E-state index contributed by atoms with van der Waals surface area (Å²) in [6.45, 7) is 11.0. The van der Waals surface area contributed by atoms with Gasteiger partial charge >= 0.3 is 0 Å². The highest BCUT2D eigenvalue weighted by Gasteiger charge is 2.26. The van der Waals surface area contributed by atoms with E-state index in [-0.39, 0.29) is 6.10 Å². The molecule has 0 aromatic heterocycles. The first kappa shape index (κ1) is 13.8. The Bertz CT molecular complexity index is 344. The van der Waals surface area contributed by atoms with Gasteiger partial charge in [-0.25, -0.2) is 0 Å². The predicted molar refractivity (Wildman–Crippen MR) is 73.5 cm³/mol. The standard InChI is InChI=1S/C13H21ClOSi/c1-10(2)13(15-16(3,4)5)11-8-6-7-9-12(11)14/h6-10,13H,1-5H3/t13-/m0/s1. The molecule has 0 spiro atoms. The summed E-state index contributed by atoms with van der Waals surface area (Å²) in [4.78, 5) is 0. The zero-order valence-electron chi connectivity index (χ0n) is 10.8. The highest BCUT2D eigenvalue weighted by molar-refractivity contribution is 6.69. The SMILES string of the molecule is CC(C)[C@H](O[Si](C)(C)C)c1ccccc1Cl. The maximum Gasteiger partial charge on any atom is 0.184 e. The second-order valence-electron chi connectivity index (χ2n) is 5.42. The van der Waals surface area contributed by atoms with Crippen molar-refractivity contribution in [1.29, 1.82) is 0 Å². The minimum atomic E-state index is -1.55. The van der Waals surface area contributed by atoms with Crippen LogP contribution in [0.1, 0.15) is 25.5 Å². The van der Waals surface area contributed by atoms with E-state index in [1.54, 1.807) is 0 Å². The van der Waals surface area contributed by atoms with Crippen molar-refractivity contribution >= 4 is 19.9 Å². The minimum Gasteiger partial charge on any atom is -0.410 e. The topological polar surface area (TPSA) is 9.23 Å². The van der Waals surface area contributed by atoms with Crippen LogP contribution in [0.3, 0.4) is 0 Å². The molecular weight excluding hydrogens is 236 g/mol. The van der Waals surface area contributed by atoms with E-state index in [0.29, 0.717) is 5.92 Å². The molecule has 0 bridgehead atoms. The molecule has 1 nitrogen and oxygen atoms in total. The summed E-state index contributed by atoms with van der Waals surface area (Å²) >= 11 is 6.23. The predicted octanol–water partition coefficient (Wildman–Crippen LogP) is 4.89. The van der Waals surface area contributed by atoms with Crippen molar-refractivity contribution in [1.82, 2.24) is 0 Å². The molecule has 3 heteroatoms. The third-order valence-corrected chi connectivity index (χ3v) is 3.60. The van der Waals surface area contributed by atoms with Crippen molar-refractivity contribution in [3.05, 3.63) is 34.9 Å². The first-order valence-corrected chi connectivity index (χ1v) is 9.52. The number of benzene rings is 1. The summed E-state index contributed by atoms with van der Waals surface area (Å²) in [5.74, 6) is 0.437. The molecule has 1 atom stereocenters. The van der Waals surface area contributed by atoms with Crippen LogP contribution in [0, 0.1) is 5.92 Å². The molecule has 0 aliphatic carbocycles. The summed E-state index contributed by atoms with van der Waals surface area (Å²) in [5, 5.41) is 0.805. The lowest BCUT2D eigenvalue weighted by Crippen LogP contribution is -2.30. The molecule has 1 aromatic rings. The van der Waals surface area contributed by atoms with E-state index < -0.39 is 8.32 Å². The van der Waals surface area contributed by atoms with Gasteiger partial charge in [-0.05, 0) is 37.2 Å². The fourth-order valence-corrected chi connectivity index (χ4v) is 3.05. The molecule has 0 amide bonds. The average molecular weight is 257 g/mol. The molecule has 1 aromatic carbocycles. The fraction of sp³-hybridized carbons (Fsp3) is 0.538. The molecular formula is C13H21ClOSi. The molecule has 0 N–H and O–H groups in total. The second-order valence-corrected chi connectivity index (χ2v) is 10.3. The van der Waals surface area contributed by atoms with Crippen molar-refractivity contribution in [2.45, 2.75) is 39.6 Å². The molecule has 1 rings (SSSR count). The van der Waals surface area contributed by atoms with Crippen LogP contribution in [0.2, 0.25) is 24.7 Å². The van der Waals surface area contributed by atoms with Crippen molar-refractivity contribution in [2.75, 3.05) is 0 Å². The maximum atomic E-state index is 6.23. The van der Waals surface area contributed by atoms with Crippen LogP contribution in [-0.2, 0) is 4.43 Å². The van der Waals surface area contributed by atoms with Crippen LogP contribution < -0.4 is 0 Å². The Morgan fingerprint density at radius 3 is 2.12 bits per heavy atom. The van der Waals surface area contributed by atoms with E-state index in [1.165, 1.54) is 0 Å². The van der Waals surface area contributed by atoms with E-state index in [1.807, 2.05) is 18.2 Å². The largest absolute Gasteiger partial charge is 0.410 e. The number of halogens is 1. The molecule has 0 radical (unpaired) electrons. The van der Waals surface area contributed by atoms with E-state index in [4.69, 9.17) is 16.0 Å². The Hall–Kier alpha value is -0.313. The summed E-state index contributed by atoms with van der Waals surface area (Å²) in [6, 6.07) is 7.97. The Kier molecular flexibility index (Phi) is 4.59. The van der Waals surface area contributed by atoms with Crippen LogP contribution in [0.25, 0.3) is 0 Å². The zero-order chi connectivity index (χ0) is 12.3. The van der Waals surface area contributed by atoms with Gasteiger partial charge in [0.2, 0.25) is 0 Å². The van der Waals surface area contributed by atoms with Crippen LogP contribution in [-0.4, -0.2) is 8.32 Å². The van der Waals surface area contributed by atoms with Gasteiger partial charge in [-0.2, -0.15) is 0 Å². The van der Waals surface area contributed by atoms with Crippen molar-refractivity contribution in [3.8, 4) is 0 Å². The van der Waals surface area contributed by atoms with Crippen LogP contribution in [0.4, 0.5) is 0 Å². The van der Waals surface area contributed by atoms with Gasteiger partial charge < -0.3 is 4.43 Å².